The van der Waals surface area contributed by atoms with E-state index in [0.29, 0.717) is 5.56 Å². The molecule has 1 unspecified atom stereocenters. The Balaban J connectivity index is 2.41. The van der Waals surface area contributed by atoms with Crippen molar-refractivity contribution in [1.82, 2.24) is 0 Å². The van der Waals surface area contributed by atoms with Crippen LogP contribution in [0, 0.1) is 5.82 Å². The lowest BCUT2D eigenvalue weighted by Gasteiger charge is -2.13. The third-order valence-corrected chi connectivity index (χ3v) is 3.47. The van der Waals surface area contributed by atoms with E-state index >= 15 is 0 Å². The van der Waals surface area contributed by atoms with Crippen molar-refractivity contribution in [3.8, 4) is 0 Å². The van der Waals surface area contributed by atoms with Crippen LogP contribution in [0.4, 0.5) is 4.39 Å². The maximum Gasteiger partial charge on any atom is 0.128 e. The zero-order valence-corrected chi connectivity index (χ0v) is 12.0. The molecule has 3 heteroatoms. The maximum atomic E-state index is 13.5. The predicted molar refractivity (Wildman–Crippen MR) is 74.4 cm³/mol. The summed E-state index contributed by atoms with van der Waals surface area (Å²) < 4.78 is 14.4. The smallest absolute Gasteiger partial charge is 0.128 e. The van der Waals surface area contributed by atoms with Gasteiger partial charge >= 0.3 is 0 Å². The molecule has 0 bridgehead atoms. The van der Waals surface area contributed by atoms with E-state index in [9.17, 15) is 4.39 Å². The Kier molecular flexibility index (Phi) is 6.75. The Labute approximate surface area is 112 Å². The molecule has 1 aromatic carbocycles. The summed E-state index contributed by atoms with van der Waals surface area (Å²) >= 11 is 3.34. The first kappa shape index (κ1) is 14.7. The quantitative estimate of drug-likeness (QED) is 0.709. The molecule has 0 aliphatic carbocycles. The van der Waals surface area contributed by atoms with Crippen LogP contribution in [-0.4, -0.2) is 0 Å². The van der Waals surface area contributed by atoms with Gasteiger partial charge in [0.25, 0.3) is 0 Å². The maximum absolute atomic E-state index is 13.5. The van der Waals surface area contributed by atoms with Gasteiger partial charge in [-0.2, -0.15) is 0 Å². The summed E-state index contributed by atoms with van der Waals surface area (Å²) in [6.45, 7) is 2.20. The Morgan fingerprint density at radius 3 is 2.65 bits per heavy atom. The van der Waals surface area contributed by atoms with Gasteiger partial charge in [0, 0.05) is 16.1 Å². The van der Waals surface area contributed by atoms with Crippen LogP contribution in [0.1, 0.15) is 57.1 Å². The van der Waals surface area contributed by atoms with E-state index in [1.807, 2.05) is 0 Å². The fourth-order valence-corrected chi connectivity index (χ4v) is 2.30. The van der Waals surface area contributed by atoms with Crippen LogP contribution in [0.15, 0.2) is 22.7 Å². The van der Waals surface area contributed by atoms with E-state index in [-0.39, 0.29) is 11.9 Å². The summed E-state index contributed by atoms with van der Waals surface area (Å²) in [5.74, 6) is -0.200. The highest BCUT2D eigenvalue weighted by Crippen LogP contribution is 2.24. The highest BCUT2D eigenvalue weighted by atomic mass is 79.9. The van der Waals surface area contributed by atoms with Gasteiger partial charge in [-0.3, -0.25) is 0 Å². The summed E-state index contributed by atoms with van der Waals surface area (Å²) in [5.41, 5.74) is 6.64. The van der Waals surface area contributed by atoms with Crippen LogP contribution in [0.2, 0.25) is 0 Å². The van der Waals surface area contributed by atoms with Crippen molar-refractivity contribution < 1.29 is 4.39 Å². The second kappa shape index (κ2) is 7.83. The van der Waals surface area contributed by atoms with Gasteiger partial charge in [0.15, 0.2) is 0 Å². The molecule has 2 N–H and O–H groups in total. The van der Waals surface area contributed by atoms with Crippen molar-refractivity contribution in [3.05, 3.63) is 34.1 Å². The third-order valence-electron chi connectivity index (χ3n) is 2.98. The predicted octanol–water partition coefficient (Wildman–Crippen LogP) is 4.95. The van der Waals surface area contributed by atoms with Crippen LogP contribution in [-0.2, 0) is 0 Å². The van der Waals surface area contributed by atoms with E-state index in [2.05, 4.69) is 22.9 Å². The molecule has 0 saturated heterocycles. The molecule has 0 saturated carbocycles. The Bertz CT molecular complexity index is 341. The van der Waals surface area contributed by atoms with Gasteiger partial charge in [0.05, 0.1) is 0 Å². The zero-order chi connectivity index (χ0) is 12.7. The molecular weight excluding hydrogens is 281 g/mol. The van der Waals surface area contributed by atoms with E-state index in [4.69, 9.17) is 5.73 Å². The number of benzene rings is 1. The van der Waals surface area contributed by atoms with Crippen LogP contribution in [0.25, 0.3) is 0 Å². The van der Waals surface area contributed by atoms with Crippen molar-refractivity contribution in [2.45, 2.75) is 51.5 Å². The highest BCUT2D eigenvalue weighted by molar-refractivity contribution is 9.10. The van der Waals surface area contributed by atoms with Crippen molar-refractivity contribution >= 4 is 15.9 Å². The zero-order valence-electron chi connectivity index (χ0n) is 10.4. The minimum atomic E-state index is -0.200. The third kappa shape index (κ3) is 5.17. The molecule has 0 heterocycles. The number of hydrogen-bond acceptors (Lipinski definition) is 1. The average Bonchev–Trinajstić information content (AvgIpc) is 2.32. The van der Waals surface area contributed by atoms with Gasteiger partial charge in [0.2, 0.25) is 0 Å². The normalized spacial score (nSPS) is 12.7. The molecule has 96 valence electrons. The van der Waals surface area contributed by atoms with Gasteiger partial charge in [0.1, 0.15) is 5.82 Å². The summed E-state index contributed by atoms with van der Waals surface area (Å²) in [6.07, 6.45) is 6.90. The lowest BCUT2D eigenvalue weighted by atomic mass is 10.0. The Morgan fingerprint density at radius 1 is 1.24 bits per heavy atom. The molecule has 0 aliphatic rings. The van der Waals surface area contributed by atoms with E-state index in [0.717, 1.165) is 17.3 Å². The van der Waals surface area contributed by atoms with Crippen LogP contribution in [0.5, 0.6) is 0 Å². The van der Waals surface area contributed by atoms with Crippen LogP contribution < -0.4 is 5.73 Å². The highest BCUT2D eigenvalue weighted by Gasteiger charge is 2.11. The molecule has 0 spiro atoms. The minimum Gasteiger partial charge on any atom is -0.324 e. The number of hydrogen-bond donors (Lipinski definition) is 1. The lowest BCUT2D eigenvalue weighted by Crippen LogP contribution is -2.12. The largest absolute Gasteiger partial charge is 0.324 e. The first-order chi connectivity index (χ1) is 8.15. The van der Waals surface area contributed by atoms with E-state index < -0.39 is 0 Å². The molecular formula is C14H21BrFN. The lowest BCUT2D eigenvalue weighted by molar-refractivity contribution is 0.527. The van der Waals surface area contributed by atoms with Gasteiger partial charge < -0.3 is 5.73 Å². The SMILES string of the molecule is CCCCCCCC(N)c1cc(Br)ccc1F. The standard InChI is InChI=1S/C14H21BrFN/c1-2-3-4-5-6-7-14(17)12-10-11(15)8-9-13(12)16/h8-10,14H,2-7,17H2,1H3. The minimum absolute atomic E-state index is 0.186. The molecule has 0 fully saturated rings. The fourth-order valence-electron chi connectivity index (χ4n) is 1.92. The number of nitrogens with two attached hydrogens (primary N) is 1. The monoisotopic (exact) mass is 301 g/mol. The second-order valence-corrected chi connectivity index (χ2v) is 5.39. The molecule has 1 atom stereocenters. The molecule has 0 radical (unpaired) electrons. The number of halogens is 2. The molecule has 1 aromatic rings. The van der Waals surface area contributed by atoms with Crippen molar-refractivity contribution in [2.75, 3.05) is 0 Å². The molecule has 0 aromatic heterocycles. The molecule has 1 nitrogen and oxygen atoms in total. The van der Waals surface area contributed by atoms with E-state index in [1.165, 1.54) is 31.7 Å². The summed E-state index contributed by atoms with van der Waals surface area (Å²) in [4.78, 5) is 0. The fraction of sp³-hybridized carbons (Fsp3) is 0.571. The van der Waals surface area contributed by atoms with Crippen LogP contribution >= 0.6 is 15.9 Å². The van der Waals surface area contributed by atoms with Gasteiger partial charge in [-0.15, -0.1) is 0 Å². The molecule has 0 amide bonds. The summed E-state index contributed by atoms with van der Waals surface area (Å²) in [6, 6.07) is 4.77. The molecule has 17 heavy (non-hydrogen) atoms. The van der Waals surface area contributed by atoms with Gasteiger partial charge in [-0.1, -0.05) is 55.0 Å². The first-order valence-electron chi connectivity index (χ1n) is 6.35. The second-order valence-electron chi connectivity index (χ2n) is 4.48. The van der Waals surface area contributed by atoms with Crippen molar-refractivity contribution in [3.63, 3.8) is 0 Å². The van der Waals surface area contributed by atoms with E-state index in [1.54, 1.807) is 12.1 Å². The first-order valence-corrected chi connectivity index (χ1v) is 7.15. The van der Waals surface area contributed by atoms with Crippen molar-refractivity contribution in [2.24, 2.45) is 5.73 Å². The van der Waals surface area contributed by atoms with Crippen molar-refractivity contribution in [1.29, 1.82) is 0 Å². The summed E-state index contributed by atoms with van der Waals surface area (Å²) in [7, 11) is 0. The molecule has 1 rings (SSSR count). The Hall–Kier alpha value is -0.410. The number of rotatable bonds is 7. The van der Waals surface area contributed by atoms with Crippen LogP contribution in [0.3, 0.4) is 0 Å². The molecule has 0 aliphatic heterocycles. The topological polar surface area (TPSA) is 26.0 Å². The van der Waals surface area contributed by atoms with Gasteiger partial charge in [-0.05, 0) is 24.6 Å². The number of unbranched alkanes of at least 4 members (excludes halogenated alkanes) is 4. The van der Waals surface area contributed by atoms with Gasteiger partial charge in [-0.25, -0.2) is 4.39 Å². The summed E-state index contributed by atoms with van der Waals surface area (Å²) in [5, 5.41) is 0. The average molecular weight is 302 g/mol. The Morgan fingerprint density at radius 2 is 1.94 bits per heavy atom.